The Hall–Kier alpha value is -1.18. The second-order valence-corrected chi connectivity index (χ2v) is 7.53. The molecule has 1 heterocycles. The topological polar surface area (TPSA) is 36.7 Å². The zero-order chi connectivity index (χ0) is 19.0. The van der Waals surface area contributed by atoms with E-state index in [1.807, 2.05) is 6.07 Å². The molecule has 0 saturated heterocycles. The maximum Gasteiger partial charge on any atom is 0.149 e. The van der Waals surface area contributed by atoms with Crippen molar-refractivity contribution in [3.05, 3.63) is 72.2 Å². The molecule has 8 heteroatoms. The van der Waals surface area contributed by atoms with Gasteiger partial charge in [0, 0.05) is 16.7 Å². The number of halogens is 6. The van der Waals surface area contributed by atoms with Gasteiger partial charge in [-0.2, -0.15) is 5.26 Å². The number of benzene rings is 2. The molecule has 0 aliphatic heterocycles. The van der Waals surface area contributed by atoms with Gasteiger partial charge in [-0.25, -0.2) is 4.98 Å². The normalized spacial score (nSPS) is 10.7. The predicted octanol–water partition coefficient (Wildman–Crippen LogP) is 8.21. The summed E-state index contributed by atoms with van der Waals surface area (Å²) in [5, 5.41) is 11.4. The molecular weight excluding hydrogens is 457 g/mol. The van der Waals surface area contributed by atoms with Crippen LogP contribution in [0.2, 0.25) is 30.1 Å². The minimum absolute atomic E-state index is 0.0978. The molecule has 2 nitrogen and oxygen atoms in total. The highest BCUT2D eigenvalue weighted by Crippen LogP contribution is 2.42. The second kappa shape index (κ2) is 7.82. The maximum absolute atomic E-state index is 9.57. The maximum atomic E-state index is 9.57. The highest BCUT2D eigenvalue weighted by molar-refractivity contribution is 6.47. The average molecular weight is 463 g/mol. The first-order chi connectivity index (χ1) is 12.3. The van der Waals surface area contributed by atoms with Gasteiger partial charge < -0.3 is 0 Å². The van der Waals surface area contributed by atoms with Gasteiger partial charge in [0.1, 0.15) is 11.8 Å². The number of rotatable bonds is 2. The molecule has 0 spiro atoms. The van der Waals surface area contributed by atoms with E-state index in [1.54, 1.807) is 36.4 Å². The number of aromatic nitrogens is 1. The number of hydrogen-bond donors (Lipinski definition) is 0. The Morgan fingerprint density at radius 1 is 0.654 bits per heavy atom. The van der Waals surface area contributed by atoms with Gasteiger partial charge >= 0.3 is 0 Å². The lowest BCUT2D eigenvalue weighted by molar-refractivity contribution is 1.27. The fourth-order valence-corrected chi connectivity index (χ4v) is 3.87. The third-order valence-electron chi connectivity index (χ3n) is 3.61. The van der Waals surface area contributed by atoms with Crippen molar-refractivity contribution in [2.24, 2.45) is 0 Å². The van der Waals surface area contributed by atoms with E-state index < -0.39 is 0 Å². The van der Waals surface area contributed by atoms with E-state index in [1.165, 1.54) is 0 Å². The second-order valence-electron chi connectivity index (χ2n) is 5.14. The first-order valence-electron chi connectivity index (χ1n) is 7.04. The monoisotopic (exact) mass is 460 g/mol. The summed E-state index contributed by atoms with van der Waals surface area (Å²) in [6.45, 7) is 0. The molecule has 0 unspecified atom stereocenters. The van der Waals surface area contributed by atoms with Crippen LogP contribution in [0.25, 0.3) is 22.4 Å². The molecule has 0 aliphatic rings. The van der Waals surface area contributed by atoms with Gasteiger partial charge in [0.15, 0.2) is 0 Å². The Morgan fingerprint density at radius 3 is 1.73 bits per heavy atom. The summed E-state index contributed by atoms with van der Waals surface area (Å²) in [6.07, 6.45) is 0. The molecular formula is C18H6Cl6N2. The van der Waals surface area contributed by atoms with Crippen LogP contribution in [0.3, 0.4) is 0 Å². The van der Waals surface area contributed by atoms with Crippen LogP contribution in [-0.4, -0.2) is 4.98 Å². The van der Waals surface area contributed by atoms with E-state index in [2.05, 4.69) is 4.98 Å². The summed E-state index contributed by atoms with van der Waals surface area (Å²) >= 11 is 37.2. The van der Waals surface area contributed by atoms with Crippen LogP contribution < -0.4 is 0 Å². The van der Waals surface area contributed by atoms with E-state index >= 15 is 0 Å². The van der Waals surface area contributed by atoms with Crippen molar-refractivity contribution in [2.45, 2.75) is 0 Å². The van der Waals surface area contributed by atoms with Crippen LogP contribution in [0.4, 0.5) is 0 Å². The van der Waals surface area contributed by atoms with Gasteiger partial charge in [-0.15, -0.1) is 0 Å². The van der Waals surface area contributed by atoms with E-state index in [0.717, 1.165) is 0 Å². The zero-order valence-electron chi connectivity index (χ0n) is 12.6. The highest BCUT2D eigenvalue weighted by atomic mass is 35.5. The molecule has 0 fully saturated rings. The molecule has 0 bridgehead atoms. The molecule has 2 aromatic carbocycles. The van der Waals surface area contributed by atoms with Gasteiger partial charge in [-0.1, -0.05) is 69.6 Å². The molecule has 1 aromatic heterocycles. The van der Waals surface area contributed by atoms with Crippen molar-refractivity contribution < 1.29 is 0 Å². The highest BCUT2D eigenvalue weighted by Gasteiger charge is 2.19. The summed E-state index contributed by atoms with van der Waals surface area (Å²) in [7, 11) is 0. The van der Waals surface area contributed by atoms with Gasteiger partial charge in [0.25, 0.3) is 0 Å². The van der Waals surface area contributed by atoms with Crippen molar-refractivity contribution in [3.63, 3.8) is 0 Å². The summed E-state index contributed by atoms with van der Waals surface area (Å²) in [4.78, 5) is 4.36. The third-order valence-corrected chi connectivity index (χ3v) is 5.85. The molecule has 0 N–H and O–H groups in total. The first kappa shape index (κ1) is 19.6. The lowest BCUT2D eigenvalue weighted by Gasteiger charge is -2.13. The van der Waals surface area contributed by atoms with Crippen molar-refractivity contribution in [1.82, 2.24) is 4.98 Å². The molecule has 0 saturated carbocycles. The molecule has 0 amide bonds. The van der Waals surface area contributed by atoms with Gasteiger partial charge in [0.05, 0.1) is 35.8 Å². The predicted molar refractivity (Wildman–Crippen MR) is 110 cm³/mol. The van der Waals surface area contributed by atoms with Crippen LogP contribution in [0.15, 0.2) is 36.4 Å². The minimum atomic E-state index is 0.0978. The fourth-order valence-electron chi connectivity index (χ4n) is 2.42. The smallest absolute Gasteiger partial charge is 0.149 e. The van der Waals surface area contributed by atoms with Crippen molar-refractivity contribution >= 4 is 69.6 Å². The van der Waals surface area contributed by atoms with Crippen LogP contribution in [0.5, 0.6) is 0 Å². The standard InChI is InChI=1S/C18H6Cl6N2/c19-9-2-4-11(21)17(23)15(9)8-1-6-13(26-14(8)7-25)16-10(20)3-5-12(22)18(16)24/h1-6H. The van der Waals surface area contributed by atoms with E-state index in [4.69, 9.17) is 69.6 Å². The number of pyridine rings is 1. The molecule has 0 radical (unpaired) electrons. The Bertz CT molecular complexity index is 1070. The third kappa shape index (κ3) is 3.49. The molecule has 26 heavy (non-hydrogen) atoms. The van der Waals surface area contributed by atoms with E-state index in [9.17, 15) is 5.26 Å². The molecule has 0 aliphatic carbocycles. The largest absolute Gasteiger partial charge is 0.236 e. The van der Waals surface area contributed by atoms with Gasteiger partial charge in [-0.3, -0.25) is 0 Å². The Morgan fingerprint density at radius 2 is 1.15 bits per heavy atom. The molecule has 130 valence electrons. The minimum Gasteiger partial charge on any atom is -0.236 e. The van der Waals surface area contributed by atoms with Crippen LogP contribution >= 0.6 is 69.6 Å². The van der Waals surface area contributed by atoms with Crippen LogP contribution in [0, 0.1) is 11.3 Å². The summed E-state index contributed by atoms with van der Waals surface area (Å²) in [5.74, 6) is 0. The number of nitrogens with zero attached hydrogens (tertiary/aromatic N) is 2. The van der Waals surface area contributed by atoms with Crippen molar-refractivity contribution in [2.75, 3.05) is 0 Å². The van der Waals surface area contributed by atoms with Gasteiger partial charge in [-0.05, 0) is 36.4 Å². The van der Waals surface area contributed by atoms with E-state index in [0.29, 0.717) is 42.5 Å². The Labute approximate surface area is 179 Å². The van der Waals surface area contributed by atoms with Crippen LogP contribution in [0.1, 0.15) is 5.69 Å². The molecule has 3 rings (SSSR count). The van der Waals surface area contributed by atoms with Crippen molar-refractivity contribution in [3.8, 4) is 28.5 Å². The van der Waals surface area contributed by atoms with Crippen molar-refractivity contribution in [1.29, 1.82) is 5.26 Å². The Balaban J connectivity index is 2.26. The van der Waals surface area contributed by atoms with E-state index in [-0.39, 0.29) is 15.7 Å². The fraction of sp³-hybridized carbons (Fsp3) is 0. The summed E-state index contributed by atoms with van der Waals surface area (Å²) < 4.78 is 0. The lowest BCUT2D eigenvalue weighted by Crippen LogP contribution is -1.95. The summed E-state index contributed by atoms with van der Waals surface area (Å²) in [5.41, 5.74) is 1.81. The quantitative estimate of drug-likeness (QED) is 0.360. The first-order valence-corrected chi connectivity index (χ1v) is 9.30. The number of nitriles is 1. The molecule has 0 atom stereocenters. The summed E-state index contributed by atoms with van der Waals surface area (Å²) in [6, 6.07) is 11.7. The molecule has 3 aromatic rings. The van der Waals surface area contributed by atoms with Gasteiger partial charge in [0.2, 0.25) is 0 Å². The zero-order valence-corrected chi connectivity index (χ0v) is 17.2. The number of hydrogen-bond acceptors (Lipinski definition) is 2. The van der Waals surface area contributed by atoms with Crippen LogP contribution in [-0.2, 0) is 0 Å². The lowest BCUT2D eigenvalue weighted by atomic mass is 10.0. The Kier molecular flexibility index (Phi) is 5.89. The average Bonchev–Trinajstić information content (AvgIpc) is 2.63. The SMILES string of the molecule is N#Cc1nc(-c2c(Cl)ccc(Cl)c2Cl)ccc1-c1c(Cl)ccc(Cl)c1Cl.